The van der Waals surface area contributed by atoms with Gasteiger partial charge in [-0.2, -0.15) is 0 Å². The zero-order chi connectivity index (χ0) is 15.1. The van der Waals surface area contributed by atoms with E-state index in [1.165, 1.54) is 5.56 Å². The first-order valence-electron chi connectivity index (χ1n) is 7.21. The number of rotatable bonds is 2. The van der Waals surface area contributed by atoms with Crippen molar-refractivity contribution < 1.29 is 9.90 Å². The van der Waals surface area contributed by atoms with Crippen molar-refractivity contribution >= 4 is 5.91 Å². The Labute approximate surface area is 124 Å². The Balaban J connectivity index is 2.01. The molecule has 1 aliphatic heterocycles. The zero-order valence-corrected chi connectivity index (χ0v) is 12.6. The molecule has 1 aromatic carbocycles. The fraction of sp³-hybridized carbons (Fsp3) is 0.353. The van der Waals surface area contributed by atoms with Crippen molar-refractivity contribution in [1.29, 1.82) is 0 Å². The van der Waals surface area contributed by atoms with Crippen LogP contribution in [0.1, 0.15) is 27.3 Å². The number of likely N-dealkylation sites (tertiary alicyclic amines) is 1. The van der Waals surface area contributed by atoms with Crippen LogP contribution < -0.4 is 0 Å². The van der Waals surface area contributed by atoms with Gasteiger partial charge < -0.3 is 14.6 Å². The quantitative estimate of drug-likeness (QED) is 0.919. The van der Waals surface area contributed by atoms with E-state index in [2.05, 4.69) is 23.6 Å². The van der Waals surface area contributed by atoms with E-state index in [1.807, 2.05) is 32.0 Å². The molecule has 1 aromatic heterocycles. The molecule has 0 aliphatic carbocycles. The maximum Gasteiger partial charge on any atom is 0.255 e. The van der Waals surface area contributed by atoms with Gasteiger partial charge in [-0.3, -0.25) is 4.79 Å². The number of hydrogen-bond donors (Lipinski definition) is 1. The number of nitrogens with zero attached hydrogens (tertiary/aromatic N) is 2. The van der Waals surface area contributed by atoms with Crippen LogP contribution in [0.5, 0.6) is 0 Å². The molecule has 4 heteroatoms. The number of para-hydroxylation sites is 1. The second kappa shape index (κ2) is 5.04. The fourth-order valence-electron chi connectivity index (χ4n) is 2.96. The number of aryl methyl sites for hydroxylation is 2. The summed E-state index contributed by atoms with van der Waals surface area (Å²) in [6, 6.07) is 10.1. The van der Waals surface area contributed by atoms with Crippen LogP contribution in [-0.2, 0) is 0 Å². The predicted octanol–water partition coefficient (Wildman–Crippen LogP) is 2.22. The number of carbonyl (C=O) groups excluding carboxylic acids is 1. The molecule has 4 nitrogen and oxygen atoms in total. The van der Waals surface area contributed by atoms with Crippen LogP contribution in [0.2, 0.25) is 0 Å². The highest BCUT2D eigenvalue weighted by Crippen LogP contribution is 2.25. The first-order valence-corrected chi connectivity index (χ1v) is 7.21. The number of aliphatic hydroxyl groups is 1. The molecule has 1 amide bonds. The standard InChI is InChI=1S/C17H20N2O2/c1-11-6-4-5-7-16(11)19-12(2)8-15(13(19)3)17(21)18-9-14(20)10-18/h4-8,14,20H,9-10H2,1-3H3. The van der Waals surface area contributed by atoms with Crippen LogP contribution in [0.25, 0.3) is 5.69 Å². The summed E-state index contributed by atoms with van der Waals surface area (Å²) in [5, 5.41) is 9.36. The van der Waals surface area contributed by atoms with Crippen molar-refractivity contribution in [3.63, 3.8) is 0 Å². The minimum atomic E-state index is -0.367. The molecule has 1 fully saturated rings. The van der Waals surface area contributed by atoms with E-state index in [0.29, 0.717) is 13.1 Å². The summed E-state index contributed by atoms with van der Waals surface area (Å²) >= 11 is 0. The highest BCUT2D eigenvalue weighted by Gasteiger charge is 2.31. The molecule has 0 radical (unpaired) electrons. The molecule has 1 aliphatic rings. The highest BCUT2D eigenvalue weighted by atomic mass is 16.3. The van der Waals surface area contributed by atoms with E-state index in [-0.39, 0.29) is 12.0 Å². The Hall–Kier alpha value is -2.07. The Bertz CT molecular complexity index is 697. The van der Waals surface area contributed by atoms with Crippen LogP contribution >= 0.6 is 0 Å². The largest absolute Gasteiger partial charge is 0.389 e. The molecule has 0 spiro atoms. The second-order valence-corrected chi connectivity index (χ2v) is 5.77. The zero-order valence-electron chi connectivity index (χ0n) is 12.6. The minimum absolute atomic E-state index is 0.00762. The lowest BCUT2D eigenvalue weighted by molar-refractivity contribution is 0.00584. The Morgan fingerprint density at radius 2 is 1.86 bits per heavy atom. The summed E-state index contributed by atoms with van der Waals surface area (Å²) in [5.41, 5.74) is 5.01. The summed E-state index contributed by atoms with van der Waals surface area (Å²) < 4.78 is 2.12. The van der Waals surface area contributed by atoms with E-state index in [9.17, 15) is 9.90 Å². The van der Waals surface area contributed by atoms with Gasteiger partial charge in [0, 0.05) is 30.2 Å². The van der Waals surface area contributed by atoms with Gasteiger partial charge in [0.2, 0.25) is 0 Å². The van der Waals surface area contributed by atoms with Crippen molar-refractivity contribution in [3.8, 4) is 5.69 Å². The molecule has 1 saturated heterocycles. The molecule has 0 bridgehead atoms. The van der Waals surface area contributed by atoms with Crippen LogP contribution in [0.3, 0.4) is 0 Å². The van der Waals surface area contributed by atoms with Gasteiger partial charge in [-0.25, -0.2) is 0 Å². The van der Waals surface area contributed by atoms with Crippen LogP contribution in [0.15, 0.2) is 30.3 Å². The normalized spacial score (nSPS) is 15.1. The van der Waals surface area contributed by atoms with Gasteiger partial charge in [-0.1, -0.05) is 18.2 Å². The van der Waals surface area contributed by atoms with E-state index in [4.69, 9.17) is 0 Å². The van der Waals surface area contributed by atoms with Crippen LogP contribution in [-0.4, -0.2) is 39.7 Å². The molecule has 21 heavy (non-hydrogen) atoms. The predicted molar refractivity (Wildman–Crippen MR) is 81.9 cm³/mol. The van der Waals surface area contributed by atoms with Crippen molar-refractivity contribution in [2.24, 2.45) is 0 Å². The van der Waals surface area contributed by atoms with Gasteiger partial charge in [0.1, 0.15) is 0 Å². The number of hydrogen-bond acceptors (Lipinski definition) is 2. The highest BCUT2D eigenvalue weighted by molar-refractivity contribution is 5.96. The van der Waals surface area contributed by atoms with E-state index >= 15 is 0 Å². The molecular weight excluding hydrogens is 264 g/mol. The second-order valence-electron chi connectivity index (χ2n) is 5.77. The van der Waals surface area contributed by atoms with E-state index in [0.717, 1.165) is 22.6 Å². The maximum atomic E-state index is 12.5. The number of benzene rings is 1. The molecule has 0 saturated carbocycles. The molecule has 3 rings (SSSR count). The van der Waals surface area contributed by atoms with Gasteiger partial charge >= 0.3 is 0 Å². The third kappa shape index (κ3) is 2.25. The van der Waals surface area contributed by atoms with Gasteiger partial charge in [0.25, 0.3) is 5.91 Å². The average molecular weight is 284 g/mol. The van der Waals surface area contributed by atoms with Gasteiger partial charge in [0.15, 0.2) is 0 Å². The molecule has 1 N–H and O–H groups in total. The SMILES string of the molecule is Cc1ccccc1-n1c(C)cc(C(=O)N2CC(O)C2)c1C. The summed E-state index contributed by atoms with van der Waals surface area (Å²) in [5.74, 6) is 0.00762. The third-order valence-electron chi connectivity index (χ3n) is 4.17. The topological polar surface area (TPSA) is 45.5 Å². The molecule has 110 valence electrons. The first-order chi connectivity index (χ1) is 9.99. The first kappa shape index (κ1) is 13.9. The smallest absolute Gasteiger partial charge is 0.255 e. The van der Waals surface area contributed by atoms with Crippen molar-refractivity contribution in [1.82, 2.24) is 9.47 Å². The Morgan fingerprint density at radius 3 is 2.48 bits per heavy atom. The van der Waals surface area contributed by atoms with Crippen molar-refractivity contribution in [2.75, 3.05) is 13.1 Å². The summed E-state index contributed by atoms with van der Waals surface area (Å²) in [6.45, 7) is 6.94. The van der Waals surface area contributed by atoms with Gasteiger partial charge in [-0.05, 0) is 38.5 Å². The maximum absolute atomic E-state index is 12.5. The van der Waals surface area contributed by atoms with Crippen molar-refractivity contribution in [3.05, 3.63) is 52.8 Å². The lowest BCUT2D eigenvalue weighted by atomic mass is 10.1. The average Bonchev–Trinajstić information content (AvgIpc) is 2.71. The third-order valence-corrected chi connectivity index (χ3v) is 4.17. The monoisotopic (exact) mass is 284 g/mol. The Morgan fingerprint density at radius 1 is 1.19 bits per heavy atom. The van der Waals surface area contributed by atoms with Crippen LogP contribution in [0, 0.1) is 20.8 Å². The molecular formula is C17H20N2O2. The number of amides is 1. The lowest BCUT2D eigenvalue weighted by Crippen LogP contribution is -2.53. The molecule has 0 unspecified atom stereocenters. The Kier molecular flexibility index (Phi) is 3.33. The molecule has 2 aromatic rings. The summed E-state index contributed by atoms with van der Waals surface area (Å²) in [7, 11) is 0. The summed E-state index contributed by atoms with van der Waals surface area (Å²) in [4.78, 5) is 14.2. The molecule has 0 atom stereocenters. The fourth-order valence-corrected chi connectivity index (χ4v) is 2.96. The van der Waals surface area contributed by atoms with Crippen molar-refractivity contribution in [2.45, 2.75) is 26.9 Å². The number of aromatic nitrogens is 1. The van der Waals surface area contributed by atoms with Gasteiger partial charge in [-0.15, -0.1) is 0 Å². The lowest BCUT2D eigenvalue weighted by Gasteiger charge is -2.35. The van der Waals surface area contributed by atoms with E-state index in [1.54, 1.807) is 4.90 Å². The molecule has 2 heterocycles. The van der Waals surface area contributed by atoms with E-state index < -0.39 is 0 Å². The number of β-amino-alcohol motifs (C(OH)–C–C–N with tert-alkyl or cyclic N) is 1. The summed E-state index contributed by atoms with van der Waals surface area (Å²) in [6.07, 6.45) is -0.367. The number of carbonyl (C=O) groups is 1. The minimum Gasteiger partial charge on any atom is -0.389 e. The van der Waals surface area contributed by atoms with Gasteiger partial charge in [0.05, 0.1) is 11.7 Å². The number of aliphatic hydroxyl groups excluding tert-OH is 1. The van der Waals surface area contributed by atoms with Crippen LogP contribution in [0.4, 0.5) is 0 Å².